The van der Waals surface area contributed by atoms with Crippen molar-refractivity contribution in [2.24, 2.45) is 0 Å². The van der Waals surface area contributed by atoms with Gasteiger partial charge in [0.25, 0.3) is 0 Å². The molecule has 8 nitrogen and oxygen atoms in total. The molecule has 2 aromatic carbocycles. The fraction of sp³-hybridized carbons (Fsp3) is 0.414. The van der Waals surface area contributed by atoms with E-state index in [1.54, 1.807) is 61.8 Å². The van der Waals surface area contributed by atoms with E-state index in [0.717, 1.165) is 21.6 Å². The Bertz CT molecular complexity index is 1320. The Hall–Kier alpha value is -2.92. The minimum absolute atomic E-state index is 0.171. The van der Waals surface area contributed by atoms with Crippen LogP contribution in [0.15, 0.2) is 58.8 Å². The number of benzene rings is 2. The summed E-state index contributed by atoms with van der Waals surface area (Å²) in [6.45, 7) is 5.06. The molecule has 0 fully saturated rings. The monoisotopic (exact) mass is 574 g/mol. The predicted octanol–water partition coefficient (Wildman–Crippen LogP) is 4.68. The van der Waals surface area contributed by atoms with Crippen LogP contribution in [-0.4, -0.2) is 71.1 Å². The number of rotatable bonds is 15. The van der Waals surface area contributed by atoms with E-state index in [1.165, 1.54) is 4.31 Å². The molecule has 0 saturated carbocycles. The van der Waals surface area contributed by atoms with Gasteiger partial charge < -0.3 is 19.1 Å². The van der Waals surface area contributed by atoms with Gasteiger partial charge in [0.2, 0.25) is 15.9 Å². The molecule has 212 valence electrons. The number of carbonyl (C=O) groups excluding carboxylic acids is 1. The molecule has 0 aliphatic heterocycles. The first kappa shape index (κ1) is 30.6. The molecule has 10 heteroatoms. The number of carbonyl (C=O) groups is 1. The molecule has 0 unspecified atom stereocenters. The largest absolute Gasteiger partial charge is 0.493 e. The predicted molar refractivity (Wildman–Crippen MR) is 154 cm³/mol. The first-order chi connectivity index (χ1) is 18.7. The summed E-state index contributed by atoms with van der Waals surface area (Å²) in [6, 6.07) is 14.4. The summed E-state index contributed by atoms with van der Waals surface area (Å²) < 4.78 is 44.3. The minimum Gasteiger partial charge on any atom is -0.493 e. The van der Waals surface area contributed by atoms with Crippen LogP contribution in [0.2, 0.25) is 0 Å². The lowest BCUT2D eigenvalue weighted by atomic mass is 10.1. The number of aryl methyl sites for hydroxylation is 2. The zero-order chi connectivity index (χ0) is 28.4. The summed E-state index contributed by atoms with van der Waals surface area (Å²) in [4.78, 5) is 16.7. The molecule has 1 amide bonds. The second-order valence-corrected chi connectivity index (χ2v) is 12.2. The zero-order valence-electron chi connectivity index (χ0n) is 23.3. The normalized spacial score (nSPS) is 11.5. The first-order valence-electron chi connectivity index (χ1n) is 12.8. The van der Waals surface area contributed by atoms with Crippen LogP contribution in [-0.2, 0) is 32.5 Å². The molecular formula is C29H38N2O6S2. The third-order valence-corrected chi connectivity index (χ3v) is 9.37. The SMILES string of the molecule is COCCCN(CC(=O)N(CCc1ccc(OC)c(OC)c1)Cc1sccc1C)S(=O)(=O)c1ccc(C)cc1. The maximum atomic E-state index is 13.7. The molecule has 0 radical (unpaired) electrons. The molecule has 1 aromatic heterocycles. The summed E-state index contributed by atoms with van der Waals surface area (Å²) in [5, 5.41) is 2.00. The molecule has 0 spiro atoms. The quantitative estimate of drug-likeness (QED) is 0.245. The summed E-state index contributed by atoms with van der Waals surface area (Å²) in [5.74, 6) is 1.00. The lowest BCUT2D eigenvalue weighted by Crippen LogP contribution is -2.43. The van der Waals surface area contributed by atoms with Gasteiger partial charge in [-0.2, -0.15) is 4.31 Å². The average molecular weight is 575 g/mol. The second kappa shape index (κ2) is 14.5. The van der Waals surface area contributed by atoms with Crippen LogP contribution in [0.4, 0.5) is 0 Å². The number of nitrogens with zero attached hydrogens (tertiary/aromatic N) is 2. The molecule has 0 bridgehead atoms. The number of amides is 1. The first-order valence-corrected chi connectivity index (χ1v) is 15.1. The Morgan fingerprint density at radius 3 is 2.26 bits per heavy atom. The highest BCUT2D eigenvalue weighted by Crippen LogP contribution is 2.28. The Morgan fingerprint density at radius 2 is 1.64 bits per heavy atom. The van der Waals surface area contributed by atoms with Gasteiger partial charge in [-0.1, -0.05) is 23.8 Å². The van der Waals surface area contributed by atoms with E-state index in [-0.39, 0.29) is 23.9 Å². The van der Waals surface area contributed by atoms with Crippen LogP contribution in [0.1, 0.15) is 28.0 Å². The van der Waals surface area contributed by atoms with Gasteiger partial charge in [0.1, 0.15) is 0 Å². The third kappa shape index (κ3) is 8.28. The van der Waals surface area contributed by atoms with Gasteiger partial charge in [0.05, 0.1) is 32.2 Å². The van der Waals surface area contributed by atoms with Crippen molar-refractivity contribution < 1.29 is 27.4 Å². The highest BCUT2D eigenvalue weighted by molar-refractivity contribution is 7.89. The molecule has 0 aliphatic carbocycles. The summed E-state index contributed by atoms with van der Waals surface area (Å²) in [6.07, 6.45) is 1.05. The number of ether oxygens (including phenoxy) is 3. The molecule has 0 N–H and O–H groups in total. The Labute approximate surface area is 236 Å². The van der Waals surface area contributed by atoms with Gasteiger partial charge in [-0.25, -0.2) is 8.42 Å². The van der Waals surface area contributed by atoms with Crippen LogP contribution >= 0.6 is 11.3 Å². The lowest BCUT2D eigenvalue weighted by Gasteiger charge is -2.27. The molecular weight excluding hydrogens is 536 g/mol. The average Bonchev–Trinajstić information content (AvgIpc) is 3.34. The van der Waals surface area contributed by atoms with Crippen LogP contribution in [0.25, 0.3) is 0 Å². The lowest BCUT2D eigenvalue weighted by molar-refractivity contribution is -0.132. The van der Waals surface area contributed by atoms with Gasteiger partial charge in [-0.05, 0) is 73.5 Å². The Kier molecular flexibility index (Phi) is 11.4. The van der Waals surface area contributed by atoms with Crippen LogP contribution in [0.5, 0.6) is 11.5 Å². The van der Waals surface area contributed by atoms with Crippen molar-refractivity contribution in [2.45, 2.75) is 38.1 Å². The topological polar surface area (TPSA) is 85.4 Å². The molecule has 3 rings (SSSR count). The van der Waals surface area contributed by atoms with E-state index in [2.05, 4.69) is 0 Å². The highest BCUT2D eigenvalue weighted by Gasteiger charge is 2.28. The van der Waals surface area contributed by atoms with Crippen molar-refractivity contribution in [2.75, 3.05) is 47.6 Å². The van der Waals surface area contributed by atoms with E-state index in [1.807, 2.05) is 43.5 Å². The van der Waals surface area contributed by atoms with Gasteiger partial charge in [-0.15, -0.1) is 11.3 Å². The second-order valence-electron chi connectivity index (χ2n) is 9.28. The Morgan fingerprint density at radius 1 is 0.923 bits per heavy atom. The van der Waals surface area contributed by atoms with E-state index < -0.39 is 10.0 Å². The van der Waals surface area contributed by atoms with E-state index in [0.29, 0.717) is 44.0 Å². The molecule has 39 heavy (non-hydrogen) atoms. The van der Waals surface area contributed by atoms with Gasteiger partial charge >= 0.3 is 0 Å². The van der Waals surface area contributed by atoms with Crippen molar-refractivity contribution >= 4 is 27.3 Å². The van der Waals surface area contributed by atoms with Gasteiger partial charge in [-0.3, -0.25) is 4.79 Å². The fourth-order valence-corrected chi connectivity index (χ4v) is 6.46. The summed E-state index contributed by atoms with van der Waals surface area (Å²) >= 11 is 1.59. The molecule has 0 atom stereocenters. The molecule has 0 saturated heterocycles. The van der Waals surface area contributed by atoms with Crippen molar-refractivity contribution in [3.8, 4) is 11.5 Å². The number of sulfonamides is 1. The number of hydrogen-bond acceptors (Lipinski definition) is 7. The highest BCUT2D eigenvalue weighted by atomic mass is 32.2. The molecule has 3 aromatic rings. The van der Waals surface area contributed by atoms with Crippen molar-refractivity contribution in [1.82, 2.24) is 9.21 Å². The smallest absolute Gasteiger partial charge is 0.243 e. The minimum atomic E-state index is -3.88. The maximum absolute atomic E-state index is 13.7. The van der Waals surface area contributed by atoms with E-state index in [4.69, 9.17) is 14.2 Å². The van der Waals surface area contributed by atoms with Crippen molar-refractivity contribution in [1.29, 1.82) is 0 Å². The van der Waals surface area contributed by atoms with Crippen LogP contribution < -0.4 is 9.47 Å². The van der Waals surface area contributed by atoms with Crippen molar-refractivity contribution in [3.05, 3.63) is 75.5 Å². The van der Waals surface area contributed by atoms with Crippen LogP contribution in [0.3, 0.4) is 0 Å². The van der Waals surface area contributed by atoms with E-state index in [9.17, 15) is 13.2 Å². The van der Waals surface area contributed by atoms with E-state index >= 15 is 0 Å². The van der Waals surface area contributed by atoms with Crippen molar-refractivity contribution in [3.63, 3.8) is 0 Å². The fourth-order valence-electron chi connectivity index (χ4n) is 4.11. The molecule has 1 heterocycles. The summed E-state index contributed by atoms with van der Waals surface area (Å²) in [5.41, 5.74) is 3.05. The summed E-state index contributed by atoms with van der Waals surface area (Å²) in [7, 11) is 0.869. The Balaban J connectivity index is 1.85. The number of methoxy groups -OCH3 is 3. The number of hydrogen-bond donors (Lipinski definition) is 0. The maximum Gasteiger partial charge on any atom is 0.243 e. The van der Waals surface area contributed by atoms with Crippen LogP contribution in [0, 0.1) is 13.8 Å². The number of thiophene rings is 1. The molecule has 0 aliphatic rings. The standard InChI is InChI=1S/C29H38N2O6S2/c1-22-7-10-25(11-8-22)39(33,34)31(15-6-17-35-3)21-29(32)30(20-28-23(2)14-18-38-28)16-13-24-9-12-26(36-4)27(19-24)37-5/h7-12,14,18-19H,6,13,15-17,20-21H2,1-5H3. The van der Waals surface area contributed by atoms with Gasteiger partial charge in [0.15, 0.2) is 11.5 Å². The third-order valence-electron chi connectivity index (χ3n) is 6.50. The zero-order valence-corrected chi connectivity index (χ0v) is 24.9. The van der Waals surface area contributed by atoms with Gasteiger partial charge in [0, 0.05) is 31.7 Å².